The van der Waals surface area contributed by atoms with Crippen LogP contribution in [0.5, 0.6) is 0 Å². The number of benzene rings is 3. The average Bonchev–Trinajstić information content (AvgIpc) is 2.92. The third-order valence-corrected chi connectivity index (χ3v) is 7.99. The second-order valence-corrected chi connectivity index (χ2v) is 12.8. The Bertz CT molecular complexity index is 1520. The van der Waals surface area contributed by atoms with Gasteiger partial charge in [0.15, 0.2) is 12.0 Å². The summed E-state index contributed by atoms with van der Waals surface area (Å²) >= 11 is 0. The van der Waals surface area contributed by atoms with Crippen molar-refractivity contribution >= 4 is 27.5 Å². The van der Waals surface area contributed by atoms with E-state index in [4.69, 9.17) is 0 Å². The number of allylic oxidation sites excluding steroid dienone is 2. The molecule has 0 saturated heterocycles. The van der Waals surface area contributed by atoms with E-state index in [0.717, 1.165) is 48.9 Å². The molecule has 1 N–H and O–H groups in total. The average molecular weight is 757 g/mol. The third-order valence-electron chi connectivity index (χ3n) is 7.99. The minimum Gasteiger partial charge on any atom is -0.512 e. The van der Waals surface area contributed by atoms with Gasteiger partial charge in [-0.05, 0) is 65.3 Å². The Labute approximate surface area is 273 Å². The van der Waals surface area contributed by atoms with Crippen molar-refractivity contribution in [3.63, 3.8) is 0 Å². The van der Waals surface area contributed by atoms with Crippen LogP contribution < -0.4 is 4.57 Å². The van der Waals surface area contributed by atoms with Gasteiger partial charge in [-0.15, -0.1) is 12.1 Å². The second-order valence-electron chi connectivity index (χ2n) is 12.8. The van der Waals surface area contributed by atoms with Gasteiger partial charge in [-0.3, -0.25) is 4.79 Å². The van der Waals surface area contributed by atoms with Crippen LogP contribution in [0.25, 0.3) is 27.4 Å². The zero-order valence-electron chi connectivity index (χ0n) is 27.6. The van der Waals surface area contributed by atoms with Crippen LogP contribution in [0.2, 0.25) is 0 Å². The molecule has 4 heteroatoms. The molecule has 0 aliphatic carbocycles. The number of ketones is 1. The van der Waals surface area contributed by atoms with Gasteiger partial charge in [-0.1, -0.05) is 92.6 Å². The van der Waals surface area contributed by atoms with Crippen LogP contribution in [0.15, 0.2) is 66.4 Å². The molecular weight excluding hydrogens is 707 g/mol. The molecule has 1 radical (unpaired) electrons. The van der Waals surface area contributed by atoms with Gasteiger partial charge in [-0.2, -0.15) is 23.3 Å². The van der Waals surface area contributed by atoms with Gasteiger partial charge in [0.1, 0.15) is 5.52 Å². The van der Waals surface area contributed by atoms with E-state index in [0.29, 0.717) is 5.41 Å². The Morgan fingerprint density at radius 1 is 0.884 bits per heavy atom. The van der Waals surface area contributed by atoms with Gasteiger partial charge < -0.3 is 9.67 Å². The minimum atomic E-state index is 0. The summed E-state index contributed by atoms with van der Waals surface area (Å²) in [6.07, 6.45) is 9.37. The van der Waals surface area contributed by atoms with Crippen LogP contribution in [-0.2, 0) is 31.3 Å². The summed E-state index contributed by atoms with van der Waals surface area (Å²) < 4.78 is 2.12. The minimum absolute atomic E-state index is 0. The number of rotatable bonds is 9. The largest absolute Gasteiger partial charge is 0.512 e. The molecule has 3 nitrogen and oxygen atoms in total. The molecule has 4 rings (SSSR count). The molecule has 0 amide bonds. The van der Waals surface area contributed by atoms with Crippen LogP contribution in [0.3, 0.4) is 0 Å². The van der Waals surface area contributed by atoms with E-state index in [1.807, 2.05) is 33.8 Å². The van der Waals surface area contributed by atoms with Crippen molar-refractivity contribution in [2.24, 2.45) is 17.3 Å². The molecule has 0 saturated carbocycles. The second kappa shape index (κ2) is 16.3. The third kappa shape index (κ3) is 9.85. The molecule has 1 heterocycles. The number of aliphatic hydroxyl groups is 1. The Morgan fingerprint density at radius 2 is 1.53 bits per heavy atom. The number of aromatic nitrogens is 1. The Hall–Kier alpha value is -2.81. The molecule has 0 fully saturated rings. The van der Waals surface area contributed by atoms with Crippen LogP contribution in [0, 0.1) is 43.4 Å². The molecule has 0 atom stereocenters. The van der Waals surface area contributed by atoms with Crippen LogP contribution in [0.1, 0.15) is 90.8 Å². The predicted octanol–water partition coefficient (Wildman–Crippen LogP) is 9.94. The first-order valence-electron chi connectivity index (χ1n) is 15.6. The summed E-state index contributed by atoms with van der Waals surface area (Å²) in [6.45, 7) is 19.2. The number of carbonyl (C=O) groups excluding carboxylic acids is 1. The first-order chi connectivity index (χ1) is 19.9. The van der Waals surface area contributed by atoms with Crippen molar-refractivity contribution in [2.45, 2.75) is 94.4 Å². The predicted molar refractivity (Wildman–Crippen MR) is 177 cm³/mol. The molecule has 0 aliphatic heterocycles. The quantitative estimate of drug-likeness (QED) is 0.0608. The molecule has 3 aromatic carbocycles. The molecular formula is C39H50IrNO2-. The van der Waals surface area contributed by atoms with Gasteiger partial charge in [0.2, 0.25) is 0 Å². The molecule has 43 heavy (non-hydrogen) atoms. The van der Waals surface area contributed by atoms with E-state index in [1.54, 1.807) is 0 Å². The number of carbonyl (C=O) groups is 1. The monoisotopic (exact) mass is 757 g/mol. The van der Waals surface area contributed by atoms with Gasteiger partial charge in [0.05, 0.1) is 5.76 Å². The topological polar surface area (TPSA) is 41.2 Å². The molecule has 233 valence electrons. The number of aliphatic hydroxyl groups excluding tert-OH is 1. The molecule has 4 aromatic rings. The number of fused-ring (bicyclic) bond motifs is 3. The van der Waals surface area contributed by atoms with Gasteiger partial charge in [0, 0.05) is 43.7 Å². The summed E-state index contributed by atoms with van der Waals surface area (Å²) in [5, 5.41) is 13.6. The Morgan fingerprint density at radius 3 is 2.12 bits per heavy atom. The van der Waals surface area contributed by atoms with Crippen LogP contribution in [-0.4, -0.2) is 10.9 Å². The fourth-order valence-corrected chi connectivity index (χ4v) is 5.72. The normalized spacial score (nSPS) is 11.9. The van der Waals surface area contributed by atoms with E-state index >= 15 is 0 Å². The number of aryl methyl sites for hydroxylation is 2. The molecule has 0 bridgehead atoms. The van der Waals surface area contributed by atoms with Crippen LogP contribution >= 0.6 is 0 Å². The first kappa shape index (κ1) is 36.4. The number of hydrogen-bond donors (Lipinski definition) is 1. The zero-order valence-corrected chi connectivity index (χ0v) is 30.0. The van der Waals surface area contributed by atoms with Crippen LogP contribution in [0.4, 0.5) is 0 Å². The zero-order chi connectivity index (χ0) is 31.0. The molecule has 0 unspecified atom stereocenters. The maximum atomic E-state index is 11.7. The Kier molecular flexibility index (Phi) is 13.8. The van der Waals surface area contributed by atoms with Gasteiger partial charge in [0.25, 0.3) is 0 Å². The van der Waals surface area contributed by atoms with Gasteiger partial charge >= 0.3 is 0 Å². The SMILES string of the molecule is CCC(CC)C(=O)/C=C(\O)C(CC)CC.Cc1[c-]c(-[n+]2[c-]ccc3c4ccc(CC(C)(C)C)cc4ccc32)cc(C)c1.[Ir]. The fraction of sp³-hybridized carbons (Fsp3) is 0.436. The standard InChI is InChI=1S/C26H26N.C13H24O2.Ir/c1-18-13-19(2)15-22(14-18)27-12-6-7-24-23-10-8-20(17-26(3,4)5)16-21(23)9-11-25(24)27;1-5-10(6-2)12(14)9-13(15)11(7-3)8-4;/h6-11,13-14,16H,17H2,1-5H3;9-11,14H,5-8H2,1-4H3;/q-1;;/b;12-9-;. The van der Waals surface area contributed by atoms with Crippen molar-refractivity contribution in [3.05, 3.63) is 95.4 Å². The summed E-state index contributed by atoms with van der Waals surface area (Å²) in [6, 6.07) is 23.3. The van der Waals surface area contributed by atoms with Gasteiger partial charge in [-0.25, -0.2) is 0 Å². The maximum absolute atomic E-state index is 11.7. The van der Waals surface area contributed by atoms with Crippen molar-refractivity contribution in [1.82, 2.24) is 0 Å². The summed E-state index contributed by atoms with van der Waals surface area (Å²) in [7, 11) is 0. The number of nitrogens with zero attached hydrogens (tertiary/aromatic N) is 1. The number of pyridine rings is 1. The van der Waals surface area contributed by atoms with E-state index in [9.17, 15) is 9.90 Å². The summed E-state index contributed by atoms with van der Waals surface area (Å²) in [5.41, 5.74) is 6.28. The van der Waals surface area contributed by atoms with Crippen molar-refractivity contribution in [3.8, 4) is 5.69 Å². The van der Waals surface area contributed by atoms with E-state index in [-0.39, 0.29) is 43.5 Å². The van der Waals surface area contributed by atoms with E-state index < -0.39 is 0 Å². The van der Waals surface area contributed by atoms with Crippen molar-refractivity contribution in [1.29, 1.82) is 0 Å². The smallest absolute Gasteiger partial charge is 0.162 e. The summed E-state index contributed by atoms with van der Waals surface area (Å²) in [5.74, 6) is 0.547. The van der Waals surface area contributed by atoms with E-state index in [1.165, 1.54) is 33.4 Å². The number of hydrogen-bond acceptors (Lipinski definition) is 2. The fourth-order valence-electron chi connectivity index (χ4n) is 5.72. The van der Waals surface area contributed by atoms with E-state index in [2.05, 4.69) is 100.0 Å². The molecule has 0 aliphatic rings. The summed E-state index contributed by atoms with van der Waals surface area (Å²) in [4.78, 5) is 11.7. The Balaban J connectivity index is 0.000000348. The maximum Gasteiger partial charge on any atom is 0.162 e. The molecule has 1 aromatic heterocycles. The molecule has 0 spiro atoms. The van der Waals surface area contributed by atoms with Crippen molar-refractivity contribution < 1.29 is 34.6 Å². The first-order valence-corrected chi connectivity index (χ1v) is 15.6. The van der Waals surface area contributed by atoms with Crippen molar-refractivity contribution in [2.75, 3.05) is 0 Å².